The molecule has 0 radical (unpaired) electrons. The Morgan fingerprint density at radius 3 is 2.54 bits per heavy atom. The number of ether oxygens (including phenoxy) is 1. The van der Waals surface area contributed by atoms with Gasteiger partial charge in [-0.05, 0) is 56.2 Å². The average molecular weight is 407 g/mol. The van der Waals surface area contributed by atoms with Crippen LogP contribution in [0.4, 0.5) is 0 Å². The molecule has 7 heteroatoms. The molecule has 3 aliphatic rings. The number of carbonyl (C=O) groups is 1. The Kier molecular flexibility index (Phi) is 5.76. The van der Waals surface area contributed by atoms with E-state index >= 15 is 0 Å². The zero-order chi connectivity index (χ0) is 19.7. The van der Waals surface area contributed by atoms with Crippen LogP contribution in [0.2, 0.25) is 0 Å². The Morgan fingerprint density at radius 2 is 1.75 bits per heavy atom. The summed E-state index contributed by atoms with van der Waals surface area (Å²) in [5.74, 6) is 0.597. The molecule has 2 aliphatic heterocycles. The highest BCUT2D eigenvalue weighted by atomic mass is 32.2. The van der Waals surface area contributed by atoms with Gasteiger partial charge in [0.25, 0.3) is 5.91 Å². The summed E-state index contributed by atoms with van der Waals surface area (Å²) in [4.78, 5) is 15.7. The lowest BCUT2D eigenvalue weighted by atomic mass is 9.78. The van der Waals surface area contributed by atoms with Gasteiger partial charge in [0.2, 0.25) is 10.0 Å². The molecule has 3 fully saturated rings. The lowest BCUT2D eigenvalue weighted by Gasteiger charge is -2.44. The Bertz CT molecular complexity index is 831. The molecule has 6 nitrogen and oxygen atoms in total. The molecule has 0 unspecified atom stereocenters. The topological polar surface area (TPSA) is 66.9 Å². The van der Waals surface area contributed by atoms with Crippen LogP contribution in [0.15, 0.2) is 23.1 Å². The summed E-state index contributed by atoms with van der Waals surface area (Å²) in [5, 5.41) is 0. The molecule has 1 amide bonds. The Balaban J connectivity index is 1.62. The normalized spacial score (nSPS) is 26.7. The number of likely N-dealkylation sites (tertiary alicyclic amines) is 1. The lowest BCUT2D eigenvalue weighted by Crippen LogP contribution is -2.49. The number of aryl methyl sites for hydroxylation is 1. The van der Waals surface area contributed by atoms with Gasteiger partial charge in [0.15, 0.2) is 0 Å². The Hall–Kier alpha value is -1.44. The smallest absolute Gasteiger partial charge is 0.254 e. The van der Waals surface area contributed by atoms with E-state index in [2.05, 4.69) is 0 Å². The molecule has 2 heterocycles. The van der Waals surface area contributed by atoms with Crippen LogP contribution in [0, 0.1) is 12.8 Å². The van der Waals surface area contributed by atoms with Crippen molar-refractivity contribution in [1.82, 2.24) is 9.21 Å². The van der Waals surface area contributed by atoms with Crippen molar-refractivity contribution < 1.29 is 17.9 Å². The van der Waals surface area contributed by atoms with E-state index in [0.717, 1.165) is 24.9 Å². The van der Waals surface area contributed by atoms with Crippen LogP contribution in [0.3, 0.4) is 0 Å². The van der Waals surface area contributed by atoms with Crippen molar-refractivity contribution >= 4 is 15.9 Å². The molecule has 1 saturated carbocycles. The summed E-state index contributed by atoms with van der Waals surface area (Å²) in [7, 11) is -3.61. The summed E-state index contributed by atoms with van der Waals surface area (Å²) in [5.41, 5.74) is 1.37. The molecule has 2 saturated heterocycles. The van der Waals surface area contributed by atoms with Crippen LogP contribution in [0.25, 0.3) is 0 Å². The molecule has 28 heavy (non-hydrogen) atoms. The van der Waals surface area contributed by atoms with Crippen LogP contribution >= 0.6 is 0 Å². The van der Waals surface area contributed by atoms with Crippen molar-refractivity contribution in [3.63, 3.8) is 0 Å². The molecule has 1 aliphatic carbocycles. The maximum Gasteiger partial charge on any atom is 0.254 e. The fourth-order valence-corrected chi connectivity index (χ4v) is 6.39. The van der Waals surface area contributed by atoms with E-state index in [-0.39, 0.29) is 10.8 Å². The third kappa shape index (κ3) is 3.72. The molecule has 0 spiro atoms. The van der Waals surface area contributed by atoms with E-state index in [4.69, 9.17) is 4.74 Å². The first-order chi connectivity index (χ1) is 13.5. The summed E-state index contributed by atoms with van der Waals surface area (Å²) in [6, 6.07) is 5.29. The number of sulfonamides is 1. The number of rotatable bonds is 3. The minimum absolute atomic E-state index is 0.00636. The van der Waals surface area contributed by atoms with Crippen LogP contribution in [-0.4, -0.2) is 62.4 Å². The monoisotopic (exact) mass is 406 g/mol. The third-order valence-corrected chi connectivity index (χ3v) is 8.45. The van der Waals surface area contributed by atoms with Crippen molar-refractivity contribution in [1.29, 1.82) is 0 Å². The first-order valence-electron chi connectivity index (χ1n) is 10.5. The molecule has 0 aromatic heterocycles. The predicted molar refractivity (Wildman–Crippen MR) is 107 cm³/mol. The van der Waals surface area contributed by atoms with Gasteiger partial charge >= 0.3 is 0 Å². The second-order valence-electron chi connectivity index (χ2n) is 8.25. The van der Waals surface area contributed by atoms with Gasteiger partial charge in [-0.1, -0.05) is 18.9 Å². The second kappa shape index (κ2) is 8.13. The molecular formula is C21H30N2O4S. The van der Waals surface area contributed by atoms with Crippen molar-refractivity contribution in [2.45, 2.75) is 56.4 Å². The first-order valence-corrected chi connectivity index (χ1v) is 11.9. The molecule has 0 N–H and O–H groups in total. The Morgan fingerprint density at radius 1 is 1.04 bits per heavy atom. The highest BCUT2D eigenvalue weighted by Crippen LogP contribution is 2.36. The zero-order valence-corrected chi connectivity index (χ0v) is 17.4. The van der Waals surface area contributed by atoms with Crippen molar-refractivity contribution in [3.05, 3.63) is 29.3 Å². The quantitative estimate of drug-likeness (QED) is 0.774. The molecular weight excluding hydrogens is 376 g/mol. The number of amides is 1. The fraction of sp³-hybridized carbons (Fsp3) is 0.667. The summed E-state index contributed by atoms with van der Waals surface area (Å²) < 4.78 is 32.8. The van der Waals surface area contributed by atoms with E-state index in [9.17, 15) is 13.2 Å². The number of piperidine rings is 1. The molecule has 4 rings (SSSR count). The molecule has 1 aromatic carbocycles. The second-order valence-corrected chi connectivity index (χ2v) is 10.2. The van der Waals surface area contributed by atoms with Crippen LogP contribution in [-0.2, 0) is 14.8 Å². The average Bonchev–Trinajstić information content (AvgIpc) is 2.73. The molecule has 2 atom stereocenters. The van der Waals surface area contributed by atoms with E-state index in [1.54, 1.807) is 18.2 Å². The maximum atomic E-state index is 13.4. The van der Waals surface area contributed by atoms with Gasteiger partial charge in [0.1, 0.15) is 0 Å². The summed E-state index contributed by atoms with van der Waals surface area (Å²) in [6.45, 7) is 4.20. The standard InChI is InChI=1S/C21H30N2O4S/c1-16-8-9-18(28(25,26)22-11-13-27-14-12-22)15-19(16)21(24)23-10-4-6-17-5-2-3-7-20(17)23/h8-9,15,17,20H,2-7,10-14H2,1H3/t17-,20-/m0/s1. The van der Waals surface area contributed by atoms with Crippen LogP contribution < -0.4 is 0 Å². The number of fused-ring (bicyclic) bond motifs is 1. The third-order valence-electron chi connectivity index (χ3n) is 6.55. The van der Waals surface area contributed by atoms with Gasteiger partial charge in [-0.25, -0.2) is 8.42 Å². The number of carbonyl (C=O) groups excluding carboxylic acids is 1. The van der Waals surface area contributed by atoms with Crippen LogP contribution in [0.1, 0.15) is 54.4 Å². The number of hydrogen-bond donors (Lipinski definition) is 0. The van der Waals surface area contributed by atoms with E-state index in [1.807, 2.05) is 11.8 Å². The van der Waals surface area contributed by atoms with Gasteiger partial charge in [-0.15, -0.1) is 0 Å². The van der Waals surface area contributed by atoms with Gasteiger partial charge < -0.3 is 9.64 Å². The number of hydrogen-bond acceptors (Lipinski definition) is 4. The van der Waals surface area contributed by atoms with Crippen molar-refractivity contribution in [2.75, 3.05) is 32.8 Å². The molecule has 0 bridgehead atoms. The van der Waals surface area contributed by atoms with E-state index in [0.29, 0.717) is 43.8 Å². The van der Waals surface area contributed by atoms with Crippen molar-refractivity contribution in [3.8, 4) is 0 Å². The van der Waals surface area contributed by atoms with Crippen LogP contribution in [0.5, 0.6) is 0 Å². The van der Waals surface area contributed by atoms with Gasteiger partial charge in [0, 0.05) is 31.2 Å². The number of nitrogens with zero attached hydrogens (tertiary/aromatic N) is 2. The lowest BCUT2D eigenvalue weighted by molar-refractivity contribution is 0.0389. The van der Waals surface area contributed by atoms with Gasteiger partial charge in [0.05, 0.1) is 18.1 Å². The van der Waals surface area contributed by atoms with Gasteiger partial charge in [-0.3, -0.25) is 4.79 Å². The van der Waals surface area contributed by atoms with E-state index in [1.165, 1.54) is 30.0 Å². The first kappa shape index (κ1) is 19.9. The number of benzene rings is 1. The predicted octanol–water partition coefficient (Wildman–Crippen LogP) is 2.81. The maximum absolute atomic E-state index is 13.4. The summed E-state index contributed by atoms with van der Waals surface area (Å²) >= 11 is 0. The fourth-order valence-electron chi connectivity index (χ4n) is 4.96. The minimum atomic E-state index is -3.61. The summed E-state index contributed by atoms with van der Waals surface area (Å²) in [6.07, 6.45) is 6.96. The number of morpholine rings is 1. The zero-order valence-electron chi connectivity index (χ0n) is 16.6. The SMILES string of the molecule is Cc1ccc(S(=O)(=O)N2CCOCC2)cc1C(=O)N1CCC[C@@H]2CCCC[C@@H]21. The Labute approximate surface area is 167 Å². The molecule has 1 aromatic rings. The van der Waals surface area contributed by atoms with Crippen molar-refractivity contribution in [2.24, 2.45) is 5.92 Å². The highest BCUT2D eigenvalue weighted by Gasteiger charge is 2.37. The largest absolute Gasteiger partial charge is 0.379 e. The minimum Gasteiger partial charge on any atom is -0.379 e. The van der Waals surface area contributed by atoms with Gasteiger partial charge in [-0.2, -0.15) is 4.31 Å². The highest BCUT2D eigenvalue weighted by molar-refractivity contribution is 7.89. The van der Waals surface area contributed by atoms with E-state index < -0.39 is 10.0 Å². The molecule has 154 valence electrons.